The van der Waals surface area contributed by atoms with Crippen LogP contribution >= 0.6 is 11.6 Å². The van der Waals surface area contributed by atoms with Crippen molar-refractivity contribution in [2.24, 2.45) is 0 Å². The van der Waals surface area contributed by atoms with E-state index in [1.165, 1.54) is 11.1 Å². The SMILES string of the molecule is CC1(Cc2ccc(Cl)cc2)COc2cc(COC=O)ccc21. The average molecular weight is 317 g/mol. The molecule has 1 unspecified atom stereocenters. The molecule has 0 N–H and O–H groups in total. The highest BCUT2D eigenvalue weighted by Crippen LogP contribution is 2.41. The average Bonchev–Trinajstić information content (AvgIpc) is 2.84. The van der Waals surface area contributed by atoms with E-state index in [0.29, 0.717) is 13.1 Å². The number of ether oxygens (including phenoxy) is 2. The summed E-state index contributed by atoms with van der Waals surface area (Å²) in [4.78, 5) is 10.3. The lowest BCUT2D eigenvalue weighted by molar-refractivity contribution is -0.129. The number of carbonyl (C=O) groups excluding carboxylic acids is 1. The number of rotatable bonds is 5. The van der Waals surface area contributed by atoms with Gasteiger partial charge in [0.15, 0.2) is 0 Å². The highest BCUT2D eigenvalue weighted by Gasteiger charge is 2.36. The number of hydrogen-bond donors (Lipinski definition) is 0. The molecule has 1 aliphatic rings. The molecule has 1 atom stereocenters. The topological polar surface area (TPSA) is 35.5 Å². The molecule has 3 nitrogen and oxygen atoms in total. The van der Waals surface area contributed by atoms with Gasteiger partial charge in [0.1, 0.15) is 12.4 Å². The highest BCUT2D eigenvalue weighted by atomic mass is 35.5. The van der Waals surface area contributed by atoms with Gasteiger partial charge in [0.05, 0.1) is 6.61 Å². The summed E-state index contributed by atoms with van der Waals surface area (Å²) in [5, 5.41) is 0.747. The van der Waals surface area contributed by atoms with Crippen molar-refractivity contribution in [2.45, 2.75) is 25.4 Å². The third kappa shape index (κ3) is 2.95. The lowest BCUT2D eigenvalue weighted by Crippen LogP contribution is -2.26. The predicted molar refractivity (Wildman–Crippen MR) is 85.3 cm³/mol. The van der Waals surface area contributed by atoms with Crippen molar-refractivity contribution < 1.29 is 14.3 Å². The van der Waals surface area contributed by atoms with Crippen LogP contribution in [0.3, 0.4) is 0 Å². The summed E-state index contributed by atoms with van der Waals surface area (Å²) in [7, 11) is 0. The molecule has 1 aliphatic heterocycles. The Hall–Kier alpha value is -2.00. The van der Waals surface area contributed by atoms with Gasteiger partial charge in [-0.05, 0) is 35.7 Å². The van der Waals surface area contributed by atoms with E-state index < -0.39 is 0 Å². The van der Waals surface area contributed by atoms with Crippen LogP contribution in [0.5, 0.6) is 5.75 Å². The zero-order valence-electron chi connectivity index (χ0n) is 12.3. The van der Waals surface area contributed by atoms with E-state index in [-0.39, 0.29) is 12.0 Å². The minimum absolute atomic E-state index is 0.0623. The normalized spacial score (nSPS) is 19.4. The zero-order valence-corrected chi connectivity index (χ0v) is 13.1. The number of halogens is 1. The summed E-state index contributed by atoms with van der Waals surface area (Å²) < 4.78 is 10.7. The van der Waals surface area contributed by atoms with Crippen molar-refractivity contribution in [1.29, 1.82) is 0 Å². The molecule has 0 saturated carbocycles. The standard InChI is InChI=1S/C18H17ClO3/c1-18(9-13-2-5-15(19)6-3-13)11-22-17-8-14(10-21-12-20)4-7-16(17)18/h2-8,12H,9-11H2,1H3. The third-order valence-electron chi connectivity index (χ3n) is 4.07. The lowest BCUT2D eigenvalue weighted by Gasteiger charge is -2.23. The maximum atomic E-state index is 10.3. The number of hydrogen-bond acceptors (Lipinski definition) is 3. The first kappa shape index (κ1) is 14.9. The molecule has 114 valence electrons. The van der Waals surface area contributed by atoms with E-state index in [9.17, 15) is 4.79 Å². The second-order valence-electron chi connectivity index (χ2n) is 5.89. The molecule has 0 aliphatic carbocycles. The fourth-order valence-corrected chi connectivity index (χ4v) is 3.04. The minimum Gasteiger partial charge on any atom is -0.492 e. The Balaban J connectivity index is 1.82. The molecule has 2 aromatic rings. The van der Waals surface area contributed by atoms with Crippen LogP contribution in [0, 0.1) is 0 Å². The fraction of sp³-hybridized carbons (Fsp3) is 0.278. The first-order valence-electron chi connectivity index (χ1n) is 7.17. The minimum atomic E-state index is -0.0623. The summed E-state index contributed by atoms with van der Waals surface area (Å²) >= 11 is 5.94. The van der Waals surface area contributed by atoms with Crippen LogP contribution in [-0.2, 0) is 28.0 Å². The Bertz CT molecular complexity index is 681. The Morgan fingerprint density at radius 3 is 2.68 bits per heavy atom. The zero-order chi connectivity index (χ0) is 15.6. The van der Waals surface area contributed by atoms with E-state index in [1.807, 2.05) is 24.3 Å². The van der Waals surface area contributed by atoms with Gasteiger partial charge in [-0.2, -0.15) is 0 Å². The monoisotopic (exact) mass is 316 g/mol. The molecule has 0 bridgehead atoms. The molecule has 2 aromatic carbocycles. The lowest BCUT2D eigenvalue weighted by atomic mass is 9.79. The van der Waals surface area contributed by atoms with Gasteiger partial charge >= 0.3 is 0 Å². The number of carbonyl (C=O) groups is 1. The molecule has 3 rings (SSSR count). The third-order valence-corrected chi connectivity index (χ3v) is 4.32. The van der Waals surface area contributed by atoms with E-state index in [2.05, 4.69) is 25.1 Å². The van der Waals surface area contributed by atoms with E-state index in [4.69, 9.17) is 21.1 Å². The largest absolute Gasteiger partial charge is 0.492 e. The van der Waals surface area contributed by atoms with Crippen LogP contribution in [0.1, 0.15) is 23.6 Å². The van der Waals surface area contributed by atoms with E-state index >= 15 is 0 Å². The molecular formula is C18H17ClO3. The van der Waals surface area contributed by atoms with E-state index in [1.54, 1.807) is 0 Å². The fourth-order valence-electron chi connectivity index (χ4n) is 2.92. The molecule has 0 aromatic heterocycles. The molecule has 0 radical (unpaired) electrons. The van der Waals surface area contributed by atoms with Crippen molar-refractivity contribution in [3.05, 3.63) is 64.2 Å². The highest BCUT2D eigenvalue weighted by molar-refractivity contribution is 6.30. The maximum absolute atomic E-state index is 10.3. The molecule has 1 heterocycles. The van der Waals surface area contributed by atoms with Crippen molar-refractivity contribution in [3.8, 4) is 5.75 Å². The van der Waals surface area contributed by atoms with Crippen molar-refractivity contribution in [3.63, 3.8) is 0 Å². The van der Waals surface area contributed by atoms with Gasteiger partial charge in [-0.15, -0.1) is 0 Å². The summed E-state index contributed by atoms with van der Waals surface area (Å²) in [6.45, 7) is 3.57. The van der Waals surface area contributed by atoms with Gasteiger partial charge < -0.3 is 9.47 Å². The van der Waals surface area contributed by atoms with Crippen LogP contribution in [0.25, 0.3) is 0 Å². The Morgan fingerprint density at radius 1 is 1.23 bits per heavy atom. The Kier molecular flexibility index (Phi) is 4.08. The Morgan fingerprint density at radius 2 is 1.95 bits per heavy atom. The van der Waals surface area contributed by atoms with Crippen LogP contribution in [0.2, 0.25) is 5.02 Å². The van der Waals surface area contributed by atoms with Gasteiger partial charge in [0.2, 0.25) is 0 Å². The van der Waals surface area contributed by atoms with Gasteiger partial charge in [-0.3, -0.25) is 4.79 Å². The quantitative estimate of drug-likeness (QED) is 0.785. The Labute approximate surface area is 134 Å². The molecular weight excluding hydrogens is 300 g/mol. The molecule has 0 amide bonds. The van der Waals surface area contributed by atoms with Crippen molar-refractivity contribution in [1.82, 2.24) is 0 Å². The maximum Gasteiger partial charge on any atom is 0.293 e. The first-order chi connectivity index (χ1) is 10.6. The second-order valence-corrected chi connectivity index (χ2v) is 6.33. The van der Waals surface area contributed by atoms with Crippen LogP contribution in [0.15, 0.2) is 42.5 Å². The van der Waals surface area contributed by atoms with Gasteiger partial charge in [0.25, 0.3) is 6.47 Å². The summed E-state index contributed by atoms with van der Waals surface area (Å²) in [5.41, 5.74) is 3.29. The number of fused-ring (bicyclic) bond motifs is 1. The van der Waals surface area contributed by atoms with Crippen LogP contribution in [0.4, 0.5) is 0 Å². The number of benzene rings is 2. The summed E-state index contributed by atoms with van der Waals surface area (Å²) in [6, 6.07) is 13.9. The molecule has 0 spiro atoms. The van der Waals surface area contributed by atoms with E-state index in [0.717, 1.165) is 22.8 Å². The predicted octanol–water partition coefficient (Wildman–Crippen LogP) is 3.91. The second kappa shape index (κ2) is 6.01. The molecule has 4 heteroatoms. The smallest absolute Gasteiger partial charge is 0.293 e. The van der Waals surface area contributed by atoms with Crippen LogP contribution < -0.4 is 4.74 Å². The van der Waals surface area contributed by atoms with Crippen molar-refractivity contribution >= 4 is 18.1 Å². The summed E-state index contributed by atoms with van der Waals surface area (Å²) in [6.07, 6.45) is 0.890. The molecule has 22 heavy (non-hydrogen) atoms. The summed E-state index contributed by atoms with van der Waals surface area (Å²) in [5.74, 6) is 0.878. The van der Waals surface area contributed by atoms with Gasteiger partial charge in [-0.25, -0.2) is 0 Å². The van der Waals surface area contributed by atoms with Gasteiger partial charge in [-0.1, -0.05) is 42.8 Å². The molecule has 0 saturated heterocycles. The molecule has 0 fully saturated rings. The van der Waals surface area contributed by atoms with Crippen LogP contribution in [-0.4, -0.2) is 13.1 Å². The first-order valence-corrected chi connectivity index (χ1v) is 7.54. The van der Waals surface area contributed by atoms with Crippen molar-refractivity contribution in [2.75, 3.05) is 6.61 Å². The van der Waals surface area contributed by atoms with Gasteiger partial charge in [0, 0.05) is 16.0 Å².